The number of carbonyl (C=O) groups is 1. The largest absolute Gasteiger partial charge is 0.469 e. The van der Waals surface area contributed by atoms with Crippen LogP contribution in [0.3, 0.4) is 0 Å². The van der Waals surface area contributed by atoms with Crippen LogP contribution < -0.4 is 0 Å². The smallest absolute Gasteiger partial charge is 0.310 e. The molecule has 0 unspecified atom stereocenters. The molecule has 82 valence electrons. The highest BCUT2D eigenvalue weighted by Crippen LogP contribution is 2.28. The summed E-state index contributed by atoms with van der Waals surface area (Å²) >= 11 is 11.9. The molecule has 0 aliphatic heterocycles. The Bertz CT molecular complexity index is 405. The molecule has 0 atom stereocenters. The molecule has 5 heteroatoms. The number of carbonyl (C=O) groups excluding carboxylic acids is 1. The van der Waals surface area contributed by atoms with Gasteiger partial charge in [-0.05, 0) is 13.8 Å². The third kappa shape index (κ3) is 2.61. The molecule has 0 aliphatic carbocycles. The topological polar surface area (TPSA) is 39.2 Å². The quantitative estimate of drug-likeness (QED) is 0.596. The molecule has 0 aliphatic rings. The van der Waals surface area contributed by atoms with Crippen molar-refractivity contribution in [3.05, 3.63) is 27.0 Å². The lowest BCUT2D eigenvalue weighted by molar-refractivity contribution is -0.139. The molecule has 0 fully saturated rings. The summed E-state index contributed by atoms with van der Waals surface area (Å²) < 4.78 is 4.58. The first-order valence-electron chi connectivity index (χ1n) is 4.35. The third-order valence-corrected chi connectivity index (χ3v) is 3.03. The number of methoxy groups -OCH3 is 1. The standard InChI is InChI=1S/C10H11Cl2NO2/c1-5-9(11)7(4-8(14)15-3)6(2)13-10(5)12/h4H2,1-3H3. The van der Waals surface area contributed by atoms with Gasteiger partial charge in [-0.25, -0.2) is 4.98 Å². The van der Waals surface area contributed by atoms with Crippen LogP contribution in [0.4, 0.5) is 0 Å². The first kappa shape index (κ1) is 12.3. The van der Waals surface area contributed by atoms with Crippen molar-refractivity contribution in [3.63, 3.8) is 0 Å². The first-order chi connectivity index (χ1) is 6.97. The van der Waals surface area contributed by atoms with Gasteiger partial charge in [0, 0.05) is 16.8 Å². The summed E-state index contributed by atoms with van der Waals surface area (Å²) in [7, 11) is 1.34. The fourth-order valence-electron chi connectivity index (χ4n) is 1.20. The molecule has 1 rings (SSSR count). The molecule has 1 aromatic rings. The monoisotopic (exact) mass is 247 g/mol. The normalized spacial score (nSPS) is 10.2. The molecule has 1 heterocycles. The number of hydrogen-bond donors (Lipinski definition) is 0. The van der Waals surface area contributed by atoms with Gasteiger partial charge in [0.2, 0.25) is 0 Å². The molecule has 0 aromatic carbocycles. The van der Waals surface area contributed by atoms with E-state index in [4.69, 9.17) is 23.2 Å². The first-order valence-corrected chi connectivity index (χ1v) is 5.10. The minimum Gasteiger partial charge on any atom is -0.469 e. The molecule has 0 N–H and O–H groups in total. The Balaban J connectivity index is 3.18. The Hall–Kier alpha value is -0.800. The number of pyridine rings is 1. The minimum absolute atomic E-state index is 0.117. The van der Waals surface area contributed by atoms with Crippen LogP contribution in [-0.2, 0) is 16.0 Å². The van der Waals surface area contributed by atoms with Crippen LogP contribution in [0.1, 0.15) is 16.8 Å². The number of aromatic nitrogens is 1. The molecular weight excluding hydrogens is 237 g/mol. The Morgan fingerprint density at radius 2 is 2.00 bits per heavy atom. The molecule has 0 bridgehead atoms. The van der Waals surface area contributed by atoms with E-state index < -0.39 is 0 Å². The van der Waals surface area contributed by atoms with Gasteiger partial charge < -0.3 is 4.74 Å². The predicted octanol–water partition coefficient (Wildman–Crippen LogP) is 2.72. The van der Waals surface area contributed by atoms with E-state index in [1.807, 2.05) is 0 Å². The Morgan fingerprint density at radius 1 is 1.40 bits per heavy atom. The van der Waals surface area contributed by atoms with Crippen molar-refractivity contribution in [2.45, 2.75) is 20.3 Å². The van der Waals surface area contributed by atoms with Gasteiger partial charge in [-0.2, -0.15) is 0 Å². The lowest BCUT2D eigenvalue weighted by Gasteiger charge is -2.10. The second kappa shape index (κ2) is 4.81. The highest BCUT2D eigenvalue weighted by molar-refractivity contribution is 6.35. The Labute approximate surface area is 98.4 Å². The van der Waals surface area contributed by atoms with E-state index in [1.54, 1.807) is 13.8 Å². The van der Waals surface area contributed by atoms with Gasteiger partial charge in [0.05, 0.1) is 18.6 Å². The van der Waals surface area contributed by atoms with Crippen LogP contribution in [0, 0.1) is 13.8 Å². The van der Waals surface area contributed by atoms with Crippen molar-refractivity contribution >= 4 is 29.2 Å². The van der Waals surface area contributed by atoms with Gasteiger partial charge in [-0.1, -0.05) is 23.2 Å². The number of aryl methyl sites for hydroxylation is 1. The van der Waals surface area contributed by atoms with E-state index in [0.717, 1.165) is 0 Å². The summed E-state index contributed by atoms with van der Waals surface area (Å²) in [6, 6.07) is 0. The molecule has 0 spiro atoms. The minimum atomic E-state index is -0.344. The molecule has 0 radical (unpaired) electrons. The van der Waals surface area contributed by atoms with E-state index in [0.29, 0.717) is 27.0 Å². The molecule has 0 amide bonds. The van der Waals surface area contributed by atoms with Crippen LogP contribution in [0.2, 0.25) is 10.2 Å². The van der Waals surface area contributed by atoms with Crippen LogP contribution in [0.25, 0.3) is 0 Å². The predicted molar refractivity (Wildman–Crippen MR) is 59.5 cm³/mol. The molecule has 0 saturated carbocycles. The fourth-order valence-corrected chi connectivity index (χ4v) is 1.76. The van der Waals surface area contributed by atoms with Crippen molar-refractivity contribution in [1.82, 2.24) is 4.98 Å². The molecule has 0 saturated heterocycles. The summed E-state index contributed by atoms with van der Waals surface area (Å²) in [5.74, 6) is -0.344. The summed E-state index contributed by atoms with van der Waals surface area (Å²) in [5, 5.41) is 0.851. The average molecular weight is 248 g/mol. The van der Waals surface area contributed by atoms with Crippen molar-refractivity contribution in [1.29, 1.82) is 0 Å². The van der Waals surface area contributed by atoms with E-state index in [2.05, 4.69) is 9.72 Å². The highest BCUT2D eigenvalue weighted by Gasteiger charge is 2.15. The maximum absolute atomic E-state index is 11.1. The van der Waals surface area contributed by atoms with Crippen molar-refractivity contribution in [2.24, 2.45) is 0 Å². The van der Waals surface area contributed by atoms with Gasteiger partial charge in [-0.15, -0.1) is 0 Å². The number of rotatable bonds is 2. The van der Waals surface area contributed by atoms with E-state index in [9.17, 15) is 4.79 Å². The summed E-state index contributed by atoms with van der Waals surface area (Å²) in [4.78, 5) is 15.2. The van der Waals surface area contributed by atoms with Crippen molar-refractivity contribution < 1.29 is 9.53 Å². The molecule has 15 heavy (non-hydrogen) atoms. The maximum Gasteiger partial charge on any atom is 0.310 e. The number of ether oxygens (including phenoxy) is 1. The lowest BCUT2D eigenvalue weighted by Crippen LogP contribution is -2.08. The van der Waals surface area contributed by atoms with Crippen molar-refractivity contribution in [2.75, 3.05) is 7.11 Å². The van der Waals surface area contributed by atoms with Crippen molar-refractivity contribution in [3.8, 4) is 0 Å². The zero-order valence-electron chi connectivity index (χ0n) is 8.73. The molecule has 3 nitrogen and oxygen atoms in total. The van der Waals surface area contributed by atoms with Crippen LogP contribution in [-0.4, -0.2) is 18.1 Å². The highest BCUT2D eigenvalue weighted by atomic mass is 35.5. The van der Waals surface area contributed by atoms with E-state index in [-0.39, 0.29) is 12.4 Å². The summed E-state index contributed by atoms with van der Waals surface area (Å²) in [6.07, 6.45) is 0.117. The number of nitrogens with zero attached hydrogens (tertiary/aromatic N) is 1. The van der Waals surface area contributed by atoms with E-state index >= 15 is 0 Å². The van der Waals surface area contributed by atoms with Gasteiger partial charge in [0.25, 0.3) is 0 Å². The van der Waals surface area contributed by atoms with Gasteiger partial charge in [-0.3, -0.25) is 4.79 Å². The van der Waals surface area contributed by atoms with Gasteiger partial charge in [0.15, 0.2) is 0 Å². The number of halogens is 2. The summed E-state index contributed by atoms with van der Waals surface area (Å²) in [5.41, 5.74) is 2.01. The third-order valence-electron chi connectivity index (χ3n) is 2.16. The number of hydrogen-bond acceptors (Lipinski definition) is 3. The Morgan fingerprint density at radius 3 is 2.53 bits per heavy atom. The zero-order valence-corrected chi connectivity index (χ0v) is 10.2. The van der Waals surface area contributed by atoms with Crippen LogP contribution >= 0.6 is 23.2 Å². The second-order valence-electron chi connectivity index (χ2n) is 3.16. The van der Waals surface area contributed by atoms with Gasteiger partial charge in [0.1, 0.15) is 5.15 Å². The number of esters is 1. The molecule has 1 aromatic heterocycles. The zero-order chi connectivity index (χ0) is 11.6. The fraction of sp³-hybridized carbons (Fsp3) is 0.400. The second-order valence-corrected chi connectivity index (χ2v) is 3.89. The molecular formula is C10H11Cl2NO2. The van der Waals surface area contributed by atoms with Gasteiger partial charge >= 0.3 is 5.97 Å². The Kier molecular flexibility index (Phi) is 3.94. The lowest BCUT2D eigenvalue weighted by atomic mass is 10.1. The summed E-state index contributed by atoms with van der Waals surface area (Å²) in [6.45, 7) is 3.52. The van der Waals surface area contributed by atoms with Crippen LogP contribution in [0.5, 0.6) is 0 Å². The SMILES string of the molecule is COC(=O)Cc1c(C)nc(Cl)c(C)c1Cl. The van der Waals surface area contributed by atoms with Crippen LogP contribution in [0.15, 0.2) is 0 Å². The maximum atomic E-state index is 11.1. The van der Waals surface area contributed by atoms with E-state index in [1.165, 1.54) is 7.11 Å². The average Bonchev–Trinajstić information content (AvgIpc) is 2.21.